The molecule has 0 fully saturated rings. The summed E-state index contributed by atoms with van der Waals surface area (Å²) in [5.74, 6) is -0.192. The van der Waals surface area contributed by atoms with E-state index in [4.69, 9.17) is 0 Å². The predicted octanol–water partition coefficient (Wildman–Crippen LogP) is 4.20. The van der Waals surface area contributed by atoms with Gasteiger partial charge in [-0.25, -0.2) is 0 Å². The molecule has 3 rings (SSSR count). The Labute approximate surface area is 154 Å². The van der Waals surface area contributed by atoms with E-state index >= 15 is 0 Å². The zero-order valence-corrected chi connectivity index (χ0v) is 16.0. The van der Waals surface area contributed by atoms with Crippen LogP contribution in [0.2, 0.25) is 0 Å². The molecule has 1 aromatic heterocycles. The number of carbonyl (C=O) groups is 1. The number of aliphatic carboxylic acids is 1. The molecule has 5 nitrogen and oxygen atoms in total. The lowest BCUT2D eigenvalue weighted by Crippen LogP contribution is -2.28. The fourth-order valence-corrected chi connectivity index (χ4v) is 3.30. The van der Waals surface area contributed by atoms with Crippen molar-refractivity contribution in [1.82, 2.24) is 14.8 Å². The summed E-state index contributed by atoms with van der Waals surface area (Å²) in [4.78, 5) is 11.4. The second kappa shape index (κ2) is 6.59. The van der Waals surface area contributed by atoms with Gasteiger partial charge in [0.05, 0.1) is 12.0 Å². The van der Waals surface area contributed by atoms with Gasteiger partial charge < -0.3 is 9.67 Å². The maximum Gasteiger partial charge on any atom is 0.309 e. The van der Waals surface area contributed by atoms with Gasteiger partial charge in [0.15, 0.2) is 4.73 Å². The summed E-state index contributed by atoms with van der Waals surface area (Å²) in [6.07, 6.45) is 0.310. The lowest BCUT2D eigenvalue weighted by Gasteiger charge is -2.19. The summed E-state index contributed by atoms with van der Waals surface area (Å²) in [6, 6.07) is 12.5. The Kier molecular flexibility index (Phi) is 4.64. The molecule has 0 saturated carbocycles. The second-order valence-electron chi connectivity index (χ2n) is 6.92. The Morgan fingerprint density at radius 2 is 1.84 bits per heavy atom. The maximum absolute atomic E-state index is 11.4. The van der Waals surface area contributed by atoms with Crippen molar-refractivity contribution in [2.45, 2.75) is 33.7 Å². The molecule has 0 bridgehead atoms. The third-order valence-electron chi connectivity index (χ3n) is 4.52. The molecule has 0 spiro atoms. The Morgan fingerprint density at radius 1 is 1.16 bits per heavy atom. The molecule has 0 aliphatic rings. The van der Waals surface area contributed by atoms with Crippen molar-refractivity contribution in [3.05, 3.63) is 58.1 Å². The van der Waals surface area contributed by atoms with Crippen LogP contribution in [0.5, 0.6) is 0 Å². The molecule has 3 aromatic rings. The minimum Gasteiger partial charge on any atom is -0.481 e. The number of carboxylic acid groups (broad SMARTS) is 1. The third-order valence-corrected chi connectivity index (χ3v) is 5.11. The summed E-state index contributed by atoms with van der Waals surface area (Å²) in [7, 11) is 0. The molecule has 0 radical (unpaired) electrons. The van der Waals surface area contributed by atoms with Gasteiger partial charge in [-0.2, -0.15) is 0 Å². The van der Waals surface area contributed by atoms with Gasteiger partial charge >= 0.3 is 5.97 Å². The van der Waals surface area contributed by atoms with Gasteiger partial charge in [0, 0.05) is 6.42 Å². The van der Waals surface area contributed by atoms with Crippen LogP contribution >= 0.6 is 15.9 Å². The van der Waals surface area contributed by atoms with Gasteiger partial charge in [0.1, 0.15) is 5.82 Å². The van der Waals surface area contributed by atoms with E-state index < -0.39 is 11.4 Å². The average molecular weight is 402 g/mol. The number of nitrogens with zero attached hydrogens (tertiary/aromatic N) is 3. The zero-order valence-electron chi connectivity index (χ0n) is 14.5. The zero-order chi connectivity index (χ0) is 18.2. The van der Waals surface area contributed by atoms with Gasteiger partial charge in [0.25, 0.3) is 0 Å². The van der Waals surface area contributed by atoms with E-state index in [1.165, 1.54) is 16.3 Å². The topological polar surface area (TPSA) is 68.0 Å². The van der Waals surface area contributed by atoms with Crippen molar-refractivity contribution in [3.8, 4) is 0 Å². The van der Waals surface area contributed by atoms with Crippen molar-refractivity contribution in [2.75, 3.05) is 0 Å². The number of hydrogen-bond donors (Lipinski definition) is 1. The Hall–Kier alpha value is -2.21. The fraction of sp³-hybridized carbons (Fsp3) is 0.316. The number of benzene rings is 2. The van der Waals surface area contributed by atoms with E-state index in [0.29, 0.717) is 23.5 Å². The van der Waals surface area contributed by atoms with Gasteiger partial charge in [-0.15, -0.1) is 10.2 Å². The Balaban J connectivity index is 2.01. The highest BCUT2D eigenvalue weighted by atomic mass is 79.9. The van der Waals surface area contributed by atoms with E-state index in [0.717, 1.165) is 5.56 Å². The van der Waals surface area contributed by atoms with Crippen LogP contribution in [0.25, 0.3) is 10.8 Å². The van der Waals surface area contributed by atoms with Gasteiger partial charge in [0.2, 0.25) is 0 Å². The number of rotatable bonds is 5. The fourth-order valence-electron chi connectivity index (χ4n) is 2.89. The minimum atomic E-state index is -0.903. The van der Waals surface area contributed by atoms with Crippen molar-refractivity contribution in [1.29, 1.82) is 0 Å². The molecule has 0 atom stereocenters. The van der Waals surface area contributed by atoms with E-state index in [9.17, 15) is 9.90 Å². The molecule has 0 aliphatic heterocycles. The van der Waals surface area contributed by atoms with E-state index in [-0.39, 0.29) is 0 Å². The lowest BCUT2D eigenvalue weighted by molar-refractivity contribution is -0.146. The molecule has 0 aliphatic carbocycles. The van der Waals surface area contributed by atoms with E-state index in [1.54, 1.807) is 13.8 Å². The van der Waals surface area contributed by atoms with Crippen LogP contribution in [0.4, 0.5) is 0 Å². The monoisotopic (exact) mass is 401 g/mol. The minimum absolute atomic E-state index is 0.310. The molecule has 0 amide bonds. The van der Waals surface area contributed by atoms with Gasteiger partial charge in [-0.3, -0.25) is 4.79 Å². The first kappa shape index (κ1) is 17.6. The molecule has 25 heavy (non-hydrogen) atoms. The quantitative estimate of drug-likeness (QED) is 0.695. The Morgan fingerprint density at radius 3 is 2.52 bits per heavy atom. The van der Waals surface area contributed by atoms with Crippen LogP contribution in [-0.4, -0.2) is 25.8 Å². The second-order valence-corrected chi connectivity index (χ2v) is 7.63. The number of carboxylic acids is 1. The maximum atomic E-state index is 11.4. The summed E-state index contributed by atoms with van der Waals surface area (Å²) < 4.78 is 2.54. The number of aryl methyl sites for hydroxylation is 1. The molecule has 1 N–H and O–H groups in total. The summed E-state index contributed by atoms with van der Waals surface area (Å²) in [6.45, 7) is 6.08. The van der Waals surface area contributed by atoms with Crippen LogP contribution in [-0.2, 0) is 17.8 Å². The third kappa shape index (κ3) is 3.44. The molecule has 130 valence electrons. The van der Waals surface area contributed by atoms with Crippen LogP contribution < -0.4 is 0 Å². The highest BCUT2D eigenvalue weighted by Gasteiger charge is 2.30. The van der Waals surface area contributed by atoms with E-state index in [1.807, 2.05) is 16.7 Å². The van der Waals surface area contributed by atoms with Crippen molar-refractivity contribution in [3.63, 3.8) is 0 Å². The molecule has 0 unspecified atom stereocenters. The number of aromatic nitrogens is 3. The highest BCUT2D eigenvalue weighted by molar-refractivity contribution is 9.10. The molecule has 6 heteroatoms. The molecular formula is C19H20BrN3O2. The summed E-state index contributed by atoms with van der Waals surface area (Å²) >= 11 is 3.44. The first-order valence-electron chi connectivity index (χ1n) is 8.08. The van der Waals surface area contributed by atoms with Crippen LogP contribution in [0, 0.1) is 12.3 Å². The van der Waals surface area contributed by atoms with Crippen molar-refractivity contribution < 1.29 is 9.90 Å². The number of hydrogen-bond acceptors (Lipinski definition) is 3. The van der Waals surface area contributed by atoms with Gasteiger partial charge in [-0.05, 0) is 58.6 Å². The normalized spacial score (nSPS) is 11.8. The van der Waals surface area contributed by atoms with Crippen LogP contribution in [0.1, 0.15) is 30.8 Å². The first-order valence-corrected chi connectivity index (χ1v) is 8.87. The van der Waals surface area contributed by atoms with Gasteiger partial charge in [-0.1, -0.05) is 36.4 Å². The lowest BCUT2D eigenvalue weighted by atomic mass is 9.89. The first-order chi connectivity index (χ1) is 11.8. The van der Waals surface area contributed by atoms with Crippen molar-refractivity contribution >= 4 is 32.7 Å². The predicted molar refractivity (Wildman–Crippen MR) is 101 cm³/mol. The average Bonchev–Trinajstić information content (AvgIpc) is 2.90. The number of fused-ring (bicyclic) bond motifs is 1. The largest absolute Gasteiger partial charge is 0.481 e. The summed E-state index contributed by atoms with van der Waals surface area (Å²) in [5.41, 5.74) is 1.48. The van der Waals surface area contributed by atoms with E-state index in [2.05, 4.69) is 57.3 Å². The standard InChI is InChI=1S/C19H20BrN3O2/c1-12-8-9-13(15-7-5-4-6-14(12)15)11-23-16(21-22-18(23)20)10-19(2,3)17(24)25/h4-9H,10-11H2,1-3H3,(H,24,25). The molecule has 1 heterocycles. The molecular weight excluding hydrogens is 382 g/mol. The molecule has 0 saturated heterocycles. The van der Waals surface area contributed by atoms with Crippen LogP contribution in [0.15, 0.2) is 41.1 Å². The molecule has 2 aromatic carbocycles. The van der Waals surface area contributed by atoms with Crippen molar-refractivity contribution in [2.24, 2.45) is 5.41 Å². The smallest absolute Gasteiger partial charge is 0.309 e. The SMILES string of the molecule is Cc1ccc(Cn2c(Br)nnc2CC(C)(C)C(=O)O)c2ccccc12. The number of halogens is 1. The van der Waals surface area contributed by atoms with Crippen LogP contribution in [0.3, 0.4) is 0 Å². The summed E-state index contributed by atoms with van der Waals surface area (Å²) in [5, 5.41) is 20.1. The Bertz CT molecular complexity index is 947. The highest BCUT2D eigenvalue weighted by Crippen LogP contribution is 2.27.